The van der Waals surface area contributed by atoms with E-state index in [0.29, 0.717) is 44.5 Å². The summed E-state index contributed by atoms with van der Waals surface area (Å²) >= 11 is 6.43. The van der Waals surface area contributed by atoms with Gasteiger partial charge in [0.15, 0.2) is 5.69 Å². The number of aromatic nitrogens is 1. The maximum Gasteiger partial charge on any atom is 0.187 e. The second-order valence-electron chi connectivity index (χ2n) is 7.83. The molecule has 0 fully saturated rings. The van der Waals surface area contributed by atoms with Crippen LogP contribution in [0.25, 0.3) is 26.9 Å². The van der Waals surface area contributed by atoms with Crippen molar-refractivity contribution in [3.05, 3.63) is 100.0 Å². The number of nitrogens with zero attached hydrogens (tertiary/aromatic N) is 2. The highest BCUT2D eigenvalue weighted by Gasteiger charge is 2.18. The van der Waals surface area contributed by atoms with Gasteiger partial charge in [0, 0.05) is 23.2 Å². The molecule has 1 heterocycles. The number of fused-ring (bicyclic) bond motifs is 1. The molecule has 2 unspecified atom stereocenters. The van der Waals surface area contributed by atoms with Gasteiger partial charge in [0.1, 0.15) is 17.7 Å². The van der Waals surface area contributed by atoms with Gasteiger partial charge in [-0.05, 0) is 41.8 Å². The minimum Gasteiger partial charge on any atom is -0.393 e. The summed E-state index contributed by atoms with van der Waals surface area (Å²) in [5.74, 6) is -0.952. The molecular weight excluding hydrogens is 460 g/mol. The molecule has 0 aliphatic heterocycles. The molecule has 0 spiro atoms. The zero-order valence-electron chi connectivity index (χ0n) is 18.1. The molecule has 0 saturated heterocycles. The van der Waals surface area contributed by atoms with E-state index in [9.17, 15) is 13.9 Å². The number of hydrogen-bond acceptors (Lipinski definition) is 4. The third-order valence-electron chi connectivity index (χ3n) is 5.63. The summed E-state index contributed by atoms with van der Waals surface area (Å²) in [4.78, 5) is 7.58. The van der Waals surface area contributed by atoms with E-state index in [1.54, 1.807) is 37.3 Å². The van der Waals surface area contributed by atoms with Crippen LogP contribution in [0, 0.1) is 18.2 Å². The van der Waals surface area contributed by atoms with Gasteiger partial charge in [0.25, 0.3) is 0 Å². The Bertz CT molecular complexity index is 1400. The van der Waals surface area contributed by atoms with Crippen molar-refractivity contribution in [2.75, 3.05) is 11.9 Å². The van der Waals surface area contributed by atoms with Crippen LogP contribution in [0.3, 0.4) is 0 Å². The van der Waals surface area contributed by atoms with E-state index in [4.69, 9.17) is 23.3 Å². The summed E-state index contributed by atoms with van der Waals surface area (Å²) in [6, 6.07) is 13.0. The van der Waals surface area contributed by atoms with Crippen LogP contribution in [0.2, 0.25) is 5.02 Å². The van der Waals surface area contributed by atoms with E-state index in [1.165, 1.54) is 30.5 Å². The summed E-state index contributed by atoms with van der Waals surface area (Å²) in [6.07, 6.45) is 0.382. The van der Waals surface area contributed by atoms with Gasteiger partial charge in [-0.3, -0.25) is 4.98 Å². The van der Waals surface area contributed by atoms with Crippen LogP contribution in [0.1, 0.15) is 30.2 Å². The topological polar surface area (TPSA) is 69.7 Å². The Balaban J connectivity index is 1.78. The van der Waals surface area contributed by atoms with Crippen LogP contribution >= 0.6 is 11.6 Å². The largest absolute Gasteiger partial charge is 0.393 e. The number of pyridine rings is 1. The molecule has 0 amide bonds. The predicted octanol–water partition coefficient (Wildman–Crippen LogP) is 6.58. The van der Waals surface area contributed by atoms with E-state index >= 15 is 0 Å². The number of rotatable bonds is 6. The number of hydrogen-bond donors (Lipinski definition) is 3. The lowest BCUT2D eigenvalue weighted by molar-refractivity contribution is 0.0956. The highest BCUT2D eigenvalue weighted by atomic mass is 35.5. The van der Waals surface area contributed by atoms with Gasteiger partial charge in [0.05, 0.1) is 35.4 Å². The lowest BCUT2D eigenvalue weighted by atomic mass is 9.99. The maximum atomic E-state index is 15.0. The molecule has 0 aliphatic carbocycles. The lowest BCUT2D eigenvalue weighted by Crippen LogP contribution is -2.09. The van der Waals surface area contributed by atoms with E-state index in [-0.39, 0.29) is 5.02 Å². The van der Waals surface area contributed by atoms with Crippen molar-refractivity contribution in [3.63, 3.8) is 0 Å². The van der Waals surface area contributed by atoms with Gasteiger partial charge in [-0.2, -0.15) is 0 Å². The van der Waals surface area contributed by atoms with Crippen molar-refractivity contribution >= 4 is 33.9 Å². The first-order valence-corrected chi connectivity index (χ1v) is 10.8. The summed E-state index contributed by atoms with van der Waals surface area (Å²) in [5, 5.41) is 22.9. The monoisotopic (exact) mass is 479 g/mol. The molecule has 1 aromatic heterocycles. The molecule has 0 bridgehead atoms. The number of benzene rings is 3. The van der Waals surface area contributed by atoms with Gasteiger partial charge in [-0.15, -0.1) is 0 Å². The van der Waals surface area contributed by atoms with E-state index in [0.717, 1.165) is 0 Å². The number of aliphatic hydroxyl groups excluding tert-OH is 2. The van der Waals surface area contributed by atoms with Gasteiger partial charge in [0.2, 0.25) is 0 Å². The van der Waals surface area contributed by atoms with Gasteiger partial charge in [-0.25, -0.2) is 13.6 Å². The fourth-order valence-corrected chi connectivity index (χ4v) is 3.98. The standard InChI is InChI=1S/C26H20ClF2N3O2/c1-14(18-9-17(30-2)7-8-22(18)28)32-26-20-10-19(23(29)11-24(20)31-12-21(26)27)15-3-5-16(6-4-15)25(34)13-33/h3-12,14,25,33-34H,13H2,1H3,(H,31,32). The van der Waals surface area contributed by atoms with Crippen molar-refractivity contribution in [1.29, 1.82) is 0 Å². The zero-order valence-corrected chi connectivity index (χ0v) is 18.8. The Labute approximate surface area is 200 Å². The van der Waals surface area contributed by atoms with Crippen molar-refractivity contribution in [3.8, 4) is 11.1 Å². The Hall–Kier alpha value is -3.57. The van der Waals surface area contributed by atoms with Gasteiger partial charge >= 0.3 is 0 Å². The Morgan fingerprint density at radius 3 is 2.50 bits per heavy atom. The van der Waals surface area contributed by atoms with Crippen LogP contribution in [-0.4, -0.2) is 21.8 Å². The second-order valence-corrected chi connectivity index (χ2v) is 8.24. The van der Waals surface area contributed by atoms with Crippen LogP contribution in [0.4, 0.5) is 20.2 Å². The molecule has 3 aromatic carbocycles. The molecule has 5 nitrogen and oxygen atoms in total. The maximum absolute atomic E-state index is 15.0. The van der Waals surface area contributed by atoms with Gasteiger partial charge < -0.3 is 15.5 Å². The van der Waals surface area contributed by atoms with E-state index in [2.05, 4.69) is 15.1 Å². The fraction of sp³-hybridized carbons (Fsp3) is 0.154. The average Bonchev–Trinajstić information content (AvgIpc) is 2.85. The second kappa shape index (κ2) is 9.74. The van der Waals surface area contributed by atoms with E-state index in [1.807, 2.05) is 0 Å². The third kappa shape index (κ3) is 4.57. The number of aliphatic hydroxyl groups is 2. The number of halogens is 3. The van der Waals surface area contributed by atoms with Gasteiger partial charge in [-0.1, -0.05) is 41.9 Å². The highest BCUT2D eigenvalue weighted by molar-refractivity contribution is 6.34. The molecular formula is C26H20ClF2N3O2. The van der Waals surface area contributed by atoms with Crippen LogP contribution in [0.5, 0.6) is 0 Å². The van der Waals surface area contributed by atoms with Crippen molar-refractivity contribution in [2.24, 2.45) is 0 Å². The number of anilines is 1. The molecule has 0 saturated carbocycles. The molecule has 34 heavy (non-hydrogen) atoms. The minimum atomic E-state index is -1.02. The Morgan fingerprint density at radius 2 is 1.82 bits per heavy atom. The van der Waals surface area contributed by atoms with Crippen molar-refractivity contribution < 1.29 is 19.0 Å². The minimum absolute atomic E-state index is 0.278. The predicted molar refractivity (Wildman–Crippen MR) is 129 cm³/mol. The smallest absolute Gasteiger partial charge is 0.187 e. The lowest BCUT2D eigenvalue weighted by Gasteiger charge is -2.20. The van der Waals surface area contributed by atoms with Crippen molar-refractivity contribution in [1.82, 2.24) is 4.98 Å². The molecule has 3 N–H and O–H groups in total. The van der Waals surface area contributed by atoms with E-state index < -0.39 is 30.4 Å². The summed E-state index contributed by atoms with van der Waals surface area (Å²) < 4.78 is 29.4. The highest BCUT2D eigenvalue weighted by Crippen LogP contribution is 2.37. The molecule has 8 heteroatoms. The zero-order chi connectivity index (χ0) is 24.4. The molecule has 4 aromatic rings. The first-order valence-electron chi connectivity index (χ1n) is 10.4. The summed E-state index contributed by atoms with van der Waals surface area (Å²) in [7, 11) is 0. The SMILES string of the molecule is [C-]#[N+]c1ccc(F)c(C(C)Nc2c(Cl)cnc3cc(F)c(-c4ccc(C(O)CO)cc4)cc23)c1. The Morgan fingerprint density at radius 1 is 1.09 bits per heavy atom. The molecule has 4 rings (SSSR count). The Kier molecular flexibility index (Phi) is 6.75. The summed E-state index contributed by atoms with van der Waals surface area (Å²) in [6.45, 7) is 8.50. The molecule has 0 radical (unpaired) electrons. The molecule has 2 atom stereocenters. The first-order chi connectivity index (χ1) is 16.3. The molecule has 0 aliphatic rings. The normalized spacial score (nSPS) is 12.9. The van der Waals surface area contributed by atoms with Crippen LogP contribution in [0.15, 0.2) is 60.8 Å². The third-order valence-corrected chi connectivity index (χ3v) is 5.91. The van der Waals surface area contributed by atoms with Crippen LogP contribution < -0.4 is 5.32 Å². The molecule has 172 valence electrons. The van der Waals surface area contributed by atoms with Crippen molar-refractivity contribution in [2.45, 2.75) is 19.1 Å². The fourth-order valence-electron chi connectivity index (χ4n) is 3.77. The average molecular weight is 480 g/mol. The first kappa shape index (κ1) is 23.6. The number of nitrogens with one attached hydrogen (secondary N) is 1. The quantitative estimate of drug-likeness (QED) is 0.273. The summed E-state index contributed by atoms with van der Waals surface area (Å²) in [5.41, 5.74) is 2.80. The van der Waals surface area contributed by atoms with Crippen LogP contribution in [-0.2, 0) is 0 Å².